The molecule has 2 aromatic rings. The maximum Gasteiger partial charge on any atom is 0.185 e. The highest BCUT2D eigenvalue weighted by molar-refractivity contribution is 6.06. The highest BCUT2D eigenvalue weighted by atomic mass is 16.5. The van der Waals surface area contributed by atoms with Crippen molar-refractivity contribution in [3.63, 3.8) is 0 Å². The molecule has 0 aliphatic carbocycles. The summed E-state index contributed by atoms with van der Waals surface area (Å²) in [7, 11) is 1.48. The van der Waals surface area contributed by atoms with Gasteiger partial charge in [-0.1, -0.05) is 12.1 Å². The number of phenolic OH excluding ortho intramolecular Hbond substituents is 1. The molecule has 0 fully saturated rings. The molecule has 4 heteroatoms. The highest BCUT2D eigenvalue weighted by Crippen LogP contribution is 2.26. The first-order valence-electron chi connectivity index (χ1n) is 6.96. The number of hydrogen-bond acceptors (Lipinski definition) is 4. The second-order valence-corrected chi connectivity index (χ2v) is 4.59. The molecule has 4 nitrogen and oxygen atoms in total. The standard InChI is InChI=1S/C18H18O4/c1-3-22-15-8-6-14(7-9-15)16(19)10-4-13-5-11-17(20)18(12-13)21-2/h4-12,20H,3H2,1-2H3. The van der Waals surface area contributed by atoms with Crippen molar-refractivity contribution in [3.05, 3.63) is 59.7 Å². The van der Waals surface area contributed by atoms with Crippen LogP contribution in [0.4, 0.5) is 0 Å². The van der Waals surface area contributed by atoms with Gasteiger partial charge in [0.1, 0.15) is 5.75 Å². The molecule has 0 unspecified atom stereocenters. The number of carbonyl (C=O) groups excluding carboxylic acids is 1. The van der Waals surface area contributed by atoms with Crippen molar-refractivity contribution >= 4 is 11.9 Å². The second kappa shape index (κ2) is 7.31. The molecule has 0 amide bonds. The Morgan fingerprint density at radius 3 is 2.55 bits per heavy atom. The number of ketones is 1. The van der Waals surface area contributed by atoms with Gasteiger partial charge in [-0.25, -0.2) is 0 Å². The highest BCUT2D eigenvalue weighted by Gasteiger charge is 2.04. The van der Waals surface area contributed by atoms with Gasteiger partial charge in [-0.15, -0.1) is 0 Å². The summed E-state index contributed by atoms with van der Waals surface area (Å²) in [5.74, 6) is 1.08. The third-order valence-corrected chi connectivity index (χ3v) is 3.08. The van der Waals surface area contributed by atoms with Crippen LogP contribution in [0.15, 0.2) is 48.5 Å². The first kappa shape index (κ1) is 15.6. The molecule has 0 saturated heterocycles. The van der Waals surface area contributed by atoms with Gasteiger partial charge in [0.2, 0.25) is 0 Å². The van der Waals surface area contributed by atoms with Crippen LogP contribution in [0.25, 0.3) is 6.08 Å². The van der Waals surface area contributed by atoms with Crippen molar-refractivity contribution in [1.29, 1.82) is 0 Å². The average molecular weight is 298 g/mol. The quantitative estimate of drug-likeness (QED) is 0.652. The van der Waals surface area contributed by atoms with Crippen molar-refractivity contribution in [3.8, 4) is 17.2 Å². The smallest absolute Gasteiger partial charge is 0.185 e. The minimum absolute atomic E-state index is 0.0671. The molecule has 0 aliphatic rings. The Hall–Kier alpha value is -2.75. The molecule has 0 spiro atoms. The number of phenols is 1. The zero-order valence-electron chi connectivity index (χ0n) is 12.6. The van der Waals surface area contributed by atoms with E-state index in [9.17, 15) is 9.90 Å². The summed E-state index contributed by atoms with van der Waals surface area (Å²) < 4.78 is 10.4. The molecule has 0 radical (unpaired) electrons. The minimum atomic E-state index is -0.102. The molecule has 2 aromatic carbocycles. The van der Waals surface area contributed by atoms with Crippen LogP contribution in [0.5, 0.6) is 17.2 Å². The Balaban J connectivity index is 2.10. The summed E-state index contributed by atoms with van der Waals surface area (Å²) in [4.78, 5) is 12.1. The SMILES string of the molecule is CCOc1ccc(C(=O)C=Cc2ccc(O)c(OC)c2)cc1. The second-order valence-electron chi connectivity index (χ2n) is 4.59. The number of ether oxygens (including phenoxy) is 2. The number of carbonyl (C=O) groups is 1. The van der Waals surface area contributed by atoms with Crippen LogP contribution in [0.1, 0.15) is 22.8 Å². The Labute approximate surface area is 129 Å². The van der Waals surface area contributed by atoms with Gasteiger partial charge >= 0.3 is 0 Å². The number of allylic oxidation sites excluding steroid dienone is 1. The molecule has 0 bridgehead atoms. The van der Waals surface area contributed by atoms with E-state index in [0.717, 1.165) is 11.3 Å². The molecule has 0 atom stereocenters. The van der Waals surface area contributed by atoms with Crippen LogP contribution < -0.4 is 9.47 Å². The van der Waals surface area contributed by atoms with E-state index in [-0.39, 0.29) is 11.5 Å². The van der Waals surface area contributed by atoms with Gasteiger partial charge in [-0.2, -0.15) is 0 Å². The fourth-order valence-electron chi connectivity index (χ4n) is 1.95. The maximum atomic E-state index is 12.1. The lowest BCUT2D eigenvalue weighted by Gasteiger charge is -2.04. The van der Waals surface area contributed by atoms with Gasteiger partial charge in [0.25, 0.3) is 0 Å². The van der Waals surface area contributed by atoms with Crippen molar-refractivity contribution in [2.75, 3.05) is 13.7 Å². The molecular formula is C18H18O4. The normalized spacial score (nSPS) is 10.6. The fraction of sp³-hybridized carbons (Fsp3) is 0.167. The molecule has 0 heterocycles. The topological polar surface area (TPSA) is 55.8 Å². The van der Waals surface area contributed by atoms with Gasteiger partial charge in [0.05, 0.1) is 13.7 Å². The predicted octanol–water partition coefficient (Wildman–Crippen LogP) is 3.70. The number of hydrogen-bond donors (Lipinski definition) is 1. The van der Waals surface area contributed by atoms with E-state index in [0.29, 0.717) is 17.9 Å². The molecule has 2 rings (SSSR count). The van der Waals surface area contributed by atoms with Crippen LogP contribution in [0.3, 0.4) is 0 Å². The summed E-state index contributed by atoms with van der Waals surface area (Å²) in [6.45, 7) is 2.50. The largest absolute Gasteiger partial charge is 0.504 e. The average Bonchev–Trinajstić information content (AvgIpc) is 2.55. The molecule has 114 valence electrons. The summed E-state index contributed by atoms with van der Waals surface area (Å²) in [5.41, 5.74) is 1.36. The Morgan fingerprint density at radius 2 is 1.91 bits per heavy atom. The molecule has 1 N–H and O–H groups in total. The molecular weight excluding hydrogens is 280 g/mol. The summed E-state index contributed by atoms with van der Waals surface area (Å²) in [6.07, 6.45) is 3.17. The van der Waals surface area contributed by atoms with E-state index in [1.807, 2.05) is 6.92 Å². The van der Waals surface area contributed by atoms with Gasteiger partial charge in [-0.3, -0.25) is 4.79 Å². The first-order valence-corrected chi connectivity index (χ1v) is 6.96. The third-order valence-electron chi connectivity index (χ3n) is 3.08. The molecule has 0 saturated carbocycles. The van der Waals surface area contributed by atoms with E-state index in [1.54, 1.807) is 42.5 Å². The van der Waals surface area contributed by atoms with Gasteiger partial charge in [0, 0.05) is 5.56 Å². The van der Waals surface area contributed by atoms with Gasteiger partial charge in [-0.05, 0) is 55.0 Å². The zero-order valence-corrected chi connectivity index (χ0v) is 12.6. The lowest BCUT2D eigenvalue weighted by atomic mass is 10.1. The number of benzene rings is 2. The van der Waals surface area contributed by atoms with Crippen molar-refractivity contribution in [1.82, 2.24) is 0 Å². The van der Waals surface area contributed by atoms with Crippen LogP contribution in [0, 0.1) is 0 Å². The lowest BCUT2D eigenvalue weighted by Crippen LogP contribution is -1.95. The predicted molar refractivity (Wildman–Crippen MR) is 85.6 cm³/mol. The van der Waals surface area contributed by atoms with Crippen molar-refractivity contribution < 1.29 is 19.4 Å². The van der Waals surface area contributed by atoms with E-state index >= 15 is 0 Å². The van der Waals surface area contributed by atoms with E-state index in [2.05, 4.69) is 0 Å². The van der Waals surface area contributed by atoms with E-state index in [4.69, 9.17) is 9.47 Å². The Bertz CT molecular complexity index is 672. The van der Waals surface area contributed by atoms with E-state index < -0.39 is 0 Å². The zero-order chi connectivity index (χ0) is 15.9. The molecule has 0 aliphatic heterocycles. The molecule has 22 heavy (non-hydrogen) atoms. The van der Waals surface area contributed by atoms with Gasteiger partial charge in [0.15, 0.2) is 17.3 Å². The van der Waals surface area contributed by atoms with Crippen LogP contribution in [-0.4, -0.2) is 24.6 Å². The summed E-state index contributed by atoms with van der Waals surface area (Å²) in [5, 5.41) is 9.53. The Morgan fingerprint density at radius 1 is 1.18 bits per heavy atom. The van der Waals surface area contributed by atoms with E-state index in [1.165, 1.54) is 19.3 Å². The summed E-state index contributed by atoms with van der Waals surface area (Å²) >= 11 is 0. The molecule has 0 aromatic heterocycles. The number of methoxy groups -OCH3 is 1. The maximum absolute atomic E-state index is 12.1. The number of rotatable bonds is 6. The minimum Gasteiger partial charge on any atom is -0.504 e. The summed E-state index contributed by atoms with van der Waals surface area (Å²) in [6, 6.07) is 11.9. The van der Waals surface area contributed by atoms with Crippen molar-refractivity contribution in [2.24, 2.45) is 0 Å². The number of aromatic hydroxyl groups is 1. The third kappa shape index (κ3) is 3.88. The fourth-order valence-corrected chi connectivity index (χ4v) is 1.95. The van der Waals surface area contributed by atoms with Crippen LogP contribution in [0.2, 0.25) is 0 Å². The lowest BCUT2D eigenvalue weighted by molar-refractivity contribution is 0.104. The monoisotopic (exact) mass is 298 g/mol. The van der Waals surface area contributed by atoms with Crippen LogP contribution in [-0.2, 0) is 0 Å². The van der Waals surface area contributed by atoms with Gasteiger partial charge < -0.3 is 14.6 Å². The Kier molecular flexibility index (Phi) is 5.20. The van der Waals surface area contributed by atoms with Crippen molar-refractivity contribution in [2.45, 2.75) is 6.92 Å². The first-order chi connectivity index (χ1) is 10.6. The van der Waals surface area contributed by atoms with Crippen LogP contribution >= 0.6 is 0 Å².